The summed E-state index contributed by atoms with van der Waals surface area (Å²) in [6.45, 7) is 0. The van der Waals surface area contributed by atoms with Crippen LogP contribution in [0.3, 0.4) is 0 Å². The predicted octanol–water partition coefficient (Wildman–Crippen LogP) is 2.74. The largest absolute Gasteiger partial charge is 0.478 e. The Bertz CT molecular complexity index is 895. The Balaban J connectivity index is 2.39. The van der Waals surface area contributed by atoms with E-state index in [4.69, 9.17) is 0 Å². The van der Waals surface area contributed by atoms with Gasteiger partial charge in [-0.2, -0.15) is 0 Å². The van der Waals surface area contributed by atoms with E-state index < -0.39 is 5.97 Å². The molecule has 0 atom stereocenters. The lowest BCUT2D eigenvalue weighted by Crippen LogP contribution is -2.15. The molecule has 0 aliphatic rings. The van der Waals surface area contributed by atoms with Gasteiger partial charge in [0.25, 0.3) is 0 Å². The van der Waals surface area contributed by atoms with Gasteiger partial charge in [-0.1, -0.05) is 12.1 Å². The highest BCUT2D eigenvalue weighted by molar-refractivity contribution is 7.98. The Labute approximate surface area is 124 Å². The quantitative estimate of drug-likeness (QED) is 0.729. The maximum Gasteiger partial charge on any atom is 0.337 e. The fourth-order valence-electron chi connectivity index (χ4n) is 2.33. The van der Waals surface area contributed by atoms with Crippen molar-refractivity contribution in [1.82, 2.24) is 9.55 Å². The molecule has 21 heavy (non-hydrogen) atoms. The van der Waals surface area contributed by atoms with Crippen LogP contribution in [0.4, 0.5) is 0 Å². The molecular weight excluding hydrogens is 288 g/mol. The second-order valence-corrected chi connectivity index (χ2v) is 5.35. The van der Waals surface area contributed by atoms with E-state index >= 15 is 0 Å². The van der Waals surface area contributed by atoms with Gasteiger partial charge in [0, 0.05) is 4.90 Å². The van der Waals surface area contributed by atoms with Crippen molar-refractivity contribution in [2.45, 2.75) is 4.90 Å². The SMILES string of the molecule is CSc1cccc(-n2c(=O)[nH]c3cccc(C(=O)O)c32)c1. The first kappa shape index (κ1) is 13.5. The number of hydrogen-bond acceptors (Lipinski definition) is 3. The number of thioether (sulfide) groups is 1. The Morgan fingerprint density at radius 1 is 1.24 bits per heavy atom. The normalized spacial score (nSPS) is 10.9. The number of H-pyrrole nitrogens is 1. The molecule has 5 nitrogen and oxygen atoms in total. The van der Waals surface area contributed by atoms with E-state index in [-0.39, 0.29) is 11.3 Å². The lowest BCUT2D eigenvalue weighted by Gasteiger charge is -2.07. The number of carboxylic acid groups (broad SMARTS) is 1. The molecule has 0 bridgehead atoms. The van der Waals surface area contributed by atoms with Crippen LogP contribution in [0.5, 0.6) is 0 Å². The number of nitrogens with one attached hydrogen (secondary N) is 1. The number of fused-ring (bicyclic) bond motifs is 1. The van der Waals surface area contributed by atoms with Gasteiger partial charge in [0.15, 0.2) is 0 Å². The van der Waals surface area contributed by atoms with Gasteiger partial charge >= 0.3 is 11.7 Å². The van der Waals surface area contributed by atoms with Crippen LogP contribution in [0.25, 0.3) is 16.7 Å². The Kier molecular flexibility index (Phi) is 3.31. The van der Waals surface area contributed by atoms with Crippen molar-refractivity contribution in [2.75, 3.05) is 6.26 Å². The third-order valence-corrected chi connectivity index (χ3v) is 3.97. The van der Waals surface area contributed by atoms with Crippen LogP contribution in [0.15, 0.2) is 52.2 Å². The smallest absolute Gasteiger partial charge is 0.337 e. The van der Waals surface area contributed by atoms with E-state index in [2.05, 4.69) is 4.98 Å². The van der Waals surface area contributed by atoms with E-state index in [0.29, 0.717) is 16.7 Å². The van der Waals surface area contributed by atoms with Crippen LogP contribution in [-0.2, 0) is 0 Å². The maximum atomic E-state index is 12.2. The second kappa shape index (κ2) is 5.14. The molecule has 0 fully saturated rings. The molecule has 0 saturated carbocycles. The van der Waals surface area contributed by atoms with Gasteiger partial charge in [-0.25, -0.2) is 9.59 Å². The molecule has 0 radical (unpaired) electrons. The number of aromatic amines is 1. The van der Waals surface area contributed by atoms with Crippen molar-refractivity contribution in [3.05, 3.63) is 58.5 Å². The molecule has 1 aromatic heterocycles. The predicted molar refractivity (Wildman–Crippen MR) is 82.6 cm³/mol. The number of aromatic carboxylic acids is 1. The lowest BCUT2D eigenvalue weighted by molar-refractivity contribution is 0.0698. The summed E-state index contributed by atoms with van der Waals surface area (Å²) >= 11 is 1.56. The molecule has 3 aromatic rings. The van der Waals surface area contributed by atoms with Gasteiger partial charge in [-0.05, 0) is 36.6 Å². The fraction of sp³-hybridized carbons (Fsp3) is 0.0667. The van der Waals surface area contributed by atoms with Crippen LogP contribution >= 0.6 is 11.8 Å². The minimum absolute atomic E-state index is 0.0976. The first-order chi connectivity index (χ1) is 10.1. The fourth-order valence-corrected chi connectivity index (χ4v) is 2.78. The zero-order valence-electron chi connectivity index (χ0n) is 11.2. The summed E-state index contributed by atoms with van der Waals surface area (Å²) in [5.74, 6) is -1.06. The van der Waals surface area contributed by atoms with Crippen LogP contribution in [0.1, 0.15) is 10.4 Å². The molecule has 106 valence electrons. The highest BCUT2D eigenvalue weighted by Gasteiger charge is 2.16. The van der Waals surface area contributed by atoms with Gasteiger partial charge in [-0.3, -0.25) is 4.57 Å². The first-order valence-corrected chi connectivity index (χ1v) is 7.46. The average molecular weight is 300 g/mol. The number of rotatable bonds is 3. The number of aromatic nitrogens is 2. The van der Waals surface area contributed by atoms with Gasteiger partial charge < -0.3 is 10.1 Å². The number of nitrogens with zero attached hydrogens (tertiary/aromatic N) is 1. The Hall–Kier alpha value is -2.47. The van der Waals surface area contributed by atoms with Crippen molar-refractivity contribution in [3.63, 3.8) is 0 Å². The van der Waals surface area contributed by atoms with Crippen molar-refractivity contribution < 1.29 is 9.90 Å². The molecule has 0 unspecified atom stereocenters. The number of carboxylic acids is 1. The van der Waals surface area contributed by atoms with E-state index in [1.54, 1.807) is 30.0 Å². The summed E-state index contributed by atoms with van der Waals surface area (Å²) in [5, 5.41) is 9.33. The molecule has 0 aliphatic carbocycles. The molecule has 0 aliphatic heterocycles. The Morgan fingerprint density at radius 2 is 2.00 bits per heavy atom. The van der Waals surface area contributed by atoms with Crippen LogP contribution in [0.2, 0.25) is 0 Å². The number of hydrogen-bond donors (Lipinski definition) is 2. The zero-order valence-corrected chi connectivity index (χ0v) is 12.0. The summed E-state index contributed by atoms with van der Waals surface area (Å²) < 4.78 is 1.40. The third kappa shape index (κ3) is 2.23. The molecule has 0 saturated heterocycles. The molecular formula is C15H12N2O3S. The van der Waals surface area contributed by atoms with Crippen LogP contribution in [0, 0.1) is 0 Å². The first-order valence-electron chi connectivity index (χ1n) is 6.23. The average Bonchev–Trinajstić information content (AvgIpc) is 2.82. The zero-order chi connectivity index (χ0) is 15.0. The van der Waals surface area contributed by atoms with E-state index in [9.17, 15) is 14.7 Å². The highest BCUT2D eigenvalue weighted by atomic mass is 32.2. The van der Waals surface area contributed by atoms with Crippen molar-refractivity contribution in [3.8, 4) is 5.69 Å². The third-order valence-electron chi connectivity index (χ3n) is 3.25. The van der Waals surface area contributed by atoms with E-state index in [0.717, 1.165) is 4.90 Å². The minimum atomic E-state index is -1.06. The number of carbonyl (C=O) groups is 1. The highest BCUT2D eigenvalue weighted by Crippen LogP contribution is 2.23. The summed E-state index contributed by atoms with van der Waals surface area (Å²) in [7, 11) is 0. The topological polar surface area (TPSA) is 75.1 Å². The minimum Gasteiger partial charge on any atom is -0.478 e. The van der Waals surface area contributed by atoms with Crippen molar-refractivity contribution >= 4 is 28.8 Å². The number of benzene rings is 2. The molecule has 0 amide bonds. The number of imidazole rings is 1. The lowest BCUT2D eigenvalue weighted by atomic mass is 10.2. The number of para-hydroxylation sites is 1. The van der Waals surface area contributed by atoms with Crippen molar-refractivity contribution in [2.24, 2.45) is 0 Å². The molecule has 2 aromatic carbocycles. The standard InChI is InChI=1S/C15H12N2O3S/c1-21-10-5-2-4-9(8-10)17-13-11(14(18)19)6-3-7-12(13)16-15(17)20/h2-8H,1H3,(H,16,20)(H,18,19). The maximum absolute atomic E-state index is 12.2. The van der Waals surface area contributed by atoms with Crippen LogP contribution in [-0.4, -0.2) is 26.9 Å². The summed E-state index contributed by atoms with van der Waals surface area (Å²) in [6.07, 6.45) is 1.94. The monoisotopic (exact) mass is 300 g/mol. The molecule has 0 spiro atoms. The van der Waals surface area contributed by atoms with E-state index in [1.165, 1.54) is 10.6 Å². The molecule has 6 heteroatoms. The molecule has 2 N–H and O–H groups in total. The van der Waals surface area contributed by atoms with Gasteiger partial charge in [0.05, 0.1) is 22.3 Å². The van der Waals surface area contributed by atoms with Gasteiger partial charge in [-0.15, -0.1) is 11.8 Å². The van der Waals surface area contributed by atoms with Crippen LogP contribution < -0.4 is 5.69 Å². The molecule has 3 rings (SSSR count). The summed E-state index contributed by atoms with van der Waals surface area (Å²) in [4.78, 5) is 27.3. The van der Waals surface area contributed by atoms with E-state index in [1.807, 2.05) is 24.5 Å². The Morgan fingerprint density at radius 3 is 2.71 bits per heavy atom. The van der Waals surface area contributed by atoms with Gasteiger partial charge in [0.2, 0.25) is 0 Å². The summed E-state index contributed by atoms with van der Waals surface area (Å²) in [6, 6.07) is 12.2. The molecule has 1 heterocycles. The second-order valence-electron chi connectivity index (χ2n) is 4.47. The van der Waals surface area contributed by atoms with Gasteiger partial charge in [0.1, 0.15) is 0 Å². The summed E-state index contributed by atoms with van der Waals surface area (Å²) in [5.41, 5.74) is 1.28. The van der Waals surface area contributed by atoms with Crippen molar-refractivity contribution in [1.29, 1.82) is 0 Å².